The first-order chi connectivity index (χ1) is 5.85. The van der Waals surface area contributed by atoms with Crippen LogP contribution < -0.4 is 0 Å². The fourth-order valence-corrected chi connectivity index (χ4v) is 1.86. The van der Waals surface area contributed by atoms with Crippen molar-refractivity contribution >= 4 is 15.9 Å². The molecule has 0 spiro atoms. The number of unbranched alkanes of at least 4 members (excludes halogenated alkanes) is 2. The van der Waals surface area contributed by atoms with Crippen LogP contribution in [0.15, 0.2) is 0 Å². The van der Waals surface area contributed by atoms with Gasteiger partial charge in [-0.3, -0.25) is 0 Å². The molecule has 0 aromatic carbocycles. The van der Waals surface area contributed by atoms with Gasteiger partial charge < -0.3 is 4.90 Å². The molecule has 0 unspecified atom stereocenters. The first-order valence-corrected chi connectivity index (χ1v) is 6.25. The minimum Gasteiger partial charge on any atom is -0.303 e. The van der Waals surface area contributed by atoms with Crippen molar-refractivity contribution in [3.63, 3.8) is 0 Å². The predicted octanol–water partition coefficient (Wildman–Crippen LogP) is 3.28. The predicted molar refractivity (Wildman–Crippen MR) is 60.1 cm³/mol. The molecular weight excluding hydrogens is 214 g/mol. The van der Waals surface area contributed by atoms with E-state index in [1.165, 1.54) is 45.3 Å². The Labute approximate surface area is 85.7 Å². The van der Waals surface area contributed by atoms with Gasteiger partial charge in [0.2, 0.25) is 0 Å². The van der Waals surface area contributed by atoms with Crippen molar-refractivity contribution in [2.24, 2.45) is 0 Å². The van der Waals surface area contributed by atoms with E-state index < -0.39 is 0 Å². The van der Waals surface area contributed by atoms with Crippen LogP contribution in [0.5, 0.6) is 0 Å². The van der Waals surface area contributed by atoms with Crippen molar-refractivity contribution in [2.45, 2.75) is 39.5 Å². The molecule has 2 heteroatoms. The van der Waals surface area contributed by atoms with E-state index in [1.54, 1.807) is 0 Å². The second-order valence-electron chi connectivity index (χ2n) is 3.24. The fourth-order valence-electron chi connectivity index (χ4n) is 1.36. The summed E-state index contributed by atoms with van der Waals surface area (Å²) in [5, 5.41) is 1.11. The number of rotatable bonds is 8. The maximum Gasteiger partial charge on any atom is 0.0159 e. The van der Waals surface area contributed by atoms with E-state index in [9.17, 15) is 0 Å². The Balaban J connectivity index is 3.34. The highest BCUT2D eigenvalue weighted by Crippen LogP contribution is 2.00. The van der Waals surface area contributed by atoms with E-state index in [0.717, 1.165) is 5.33 Å². The SMILES string of the molecule is CCCCCN(CCC)CCBr. The summed E-state index contributed by atoms with van der Waals surface area (Å²) >= 11 is 3.49. The molecule has 0 atom stereocenters. The second kappa shape index (κ2) is 9.53. The number of nitrogens with zero attached hydrogens (tertiary/aromatic N) is 1. The monoisotopic (exact) mass is 235 g/mol. The van der Waals surface area contributed by atoms with Crippen LogP contribution in [-0.4, -0.2) is 29.9 Å². The largest absolute Gasteiger partial charge is 0.303 e. The van der Waals surface area contributed by atoms with Crippen LogP contribution in [0.3, 0.4) is 0 Å². The summed E-state index contributed by atoms with van der Waals surface area (Å²) in [6.07, 6.45) is 5.35. The number of hydrogen-bond acceptors (Lipinski definition) is 1. The highest BCUT2D eigenvalue weighted by molar-refractivity contribution is 9.09. The van der Waals surface area contributed by atoms with Gasteiger partial charge in [-0.1, -0.05) is 42.6 Å². The molecule has 0 saturated carbocycles. The zero-order valence-electron chi connectivity index (χ0n) is 8.48. The van der Waals surface area contributed by atoms with Crippen LogP contribution in [0.1, 0.15) is 39.5 Å². The highest BCUT2D eigenvalue weighted by Gasteiger charge is 2.00. The van der Waals surface area contributed by atoms with Gasteiger partial charge in [-0.2, -0.15) is 0 Å². The molecule has 0 bridgehead atoms. The van der Waals surface area contributed by atoms with Crippen LogP contribution in [0, 0.1) is 0 Å². The average Bonchev–Trinajstić information content (AvgIpc) is 2.06. The van der Waals surface area contributed by atoms with E-state index >= 15 is 0 Å². The molecule has 0 aromatic rings. The molecule has 0 amide bonds. The Morgan fingerprint density at radius 1 is 0.917 bits per heavy atom. The molecule has 0 saturated heterocycles. The summed E-state index contributed by atoms with van der Waals surface area (Å²) in [6, 6.07) is 0. The molecule has 0 aliphatic carbocycles. The summed E-state index contributed by atoms with van der Waals surface area (Å²) in [6.45, 7) is 8.26. The molecule has 0 aliphatic heterocycles. The molecule has 0 radical (unpaired) electrons. The third kappa shape index (κ3) is 7.11. The fraction of sp³-hybridized carbons (Fsp3) is 1.00. The minimum absolute atomic E-state index is 1.11. The topological polar surface area (TPSA) is 3.24 Å². The van der Waals surface area contributed by atoms with E-state index in [4.69, 9.17) is 0 Å². The molecule has 0 fully saturated rings. The standard InChI is InChI=1S/C10H22BrN/c1-3-5-6-9-12(8-4-2)10-7-11/h3-10H2,1-2H3. The smallest absolute Gasteiger partial charge is 0.0159 e. The van der Waals surface area contributed by atoms with Crippen molar-refractivity contribution in [3.8, 4) is 0 Å². The van der Waals surface area contributed by atoms with Crippen LogP contribution in [0.25, 0.3) is 0 Å². The van der Waals surface area contributed by atoms with E-state index in [1.807, 2.05) is 0 Å². The molecule has 0 N–H and O–H groups in total. The Kier molecular flexibility index (Phi) is 9.88. The lowest BCUT2D eigenvalue weighted by atomic mass is 10.2. The van der Waals surface area contributed by atoms with Gasteiger partial charge in [0.15, 0.2) is 0 Å². The van der Waals surface area contributed by atoms with Crippen molar-refractivity contribution in [1.29, 1.82) is 0 Å². The highest BCUT2D eigenvalue weighted by atomic mass is 79.9. The zero-order valence-corrected chi connectivity index (χ0v) is 10.1. The zero-order chi connectivity index (χ0) is 9.23. The van der Waals surface area contributed by atoms with Gasteiger partial charge in [-0.05, 0) is 25.9 Å². The number of halogens is 1. The summed E-state index contributed by atoms with van der Waals surface area (Å²) < 4.78 is 0. The van der Waals surface area contributed by atoms with Gasteiger partial charge in [0.05, 0.1) is 0 Å². The molecule has 0 rings (SSSR count). The Morgan fingerprint density at radius 2 is 1.67 bits per heavy atom. The minimum atomic E-state index is 1.11. The van der Waals surface area contributed by atoms with Crippen LogP contribution >= 0.6 is 15.9 Å². The van der Waals surface area contributed by atoms with Crippen LogP contribution in [0.2, 0.25) is 0 Å². The molecule has 0 aromatic heterocycles. The van der Waals surface area contributed by atoms with E-state index in [2.05, 4.69) is 34.7 Å². The molecule has 0 heterocycles. The first-order valence-electron chi connectivity index (χ1n) is 5.13. The maximum absolute atomic E-state index is 3.49. The van der Waals surface area contributed by atoms with Gasteiger partial charge in [-0.25, -0.2) is 0 Å². The number of hydrogen-bond donors (Lipinski definition) is 0. The summed E-state index contributed by atoms with van der Waals surface area (Å²) in [5.74, 6) is 0. The van der Waals surface area contributed by atoms with E-state index in [0.29, 0.717) is 0 Å². The summed E-state index contributed by atoms with van der Waals surface area (Å²) in [4.78, 5) is 2.55. The van der Waals surface area contributed by atoms with Crippen LogP contribution in [-0.2, 0) is 0 Å². The Hall–Kier alpha value is 0.440. The van der Waals surface area contributed by atoms with Gasteiger partial charge in [0, 0.05) is 11.9 Å². The number of alkyl halides is 1. The summed E-state index contributed by atoms with van der Waals surface area (Å²) in [7, 11) is 0. The maximum atomic E-state index is 3.49. The lowest BCUT2D eigenvalue weighted by molar-refractivity contribution is 0.285. The lowest BCUT2D eigenvalue weighted by Crippen LogP contribution is -2.27. The van der Waals surface area contributed by atoms with Gasteiger partial charge >= 0.3 is 0 Å². The normalized spacial score (nSPS) is 11.0. The van der Waals surface area contributed by atoms with Crippen molar-refractivity contribution in [1.82, 2.24) is 4.90 Å². The quantitative estimate of drug-likeness (QED) is 0.461. The van der Waals surface area contributed by atoms with Gasteiger partial charge in [0.1, 0.15) is 0 Å². The van der Waals surface area contributed by atoms with Crippen molar-refractivity contribution in [2.75, 3.05) is 25.0 Å². The van der Waals surface area contributed by atoms with Crippen molar-refractivity contribution < 1.29 is 0 Å². The molecule has 0 aliphatic rings. The van der Waals surface area contributed by atoms with Gasteiger partial charge in [0.25, 0.3) is 0 Å². The average molecular weight is 236 g/mol. The van der Waals surface area contributed by atoms with Crippen LogP contribution in [0.4, 0.5) is 0 Å². The Bertz CT molecular complexity index is 79.9. The second-order valence-corrected chi connectivity index (χ2v) is 4.03. The van der Waals surface area contributed by atoms with Gasteiger partial charge in [-0.15, -0.1) is 0 Å². The van der Waals surface area contributed by atoms with Crippen molar-refractivity contribution in [3.05, 3.63) is 0 Å². The lowest BCUT2D eigenvalue weighted by Gasteiger charge is -2.19. The summed E-state index contributed by atoms with van der Waals surface area (Å²) in [5.41, 5.74) is 0. The third-order valence-corrected chi connectivity index (χ3v) is 2.37. The molecule has 1 nitrogen and oxygen atoms in total. The third-order valence-electron chi connectivity index (χ3n) is 2.02. The molecule has 74 valence electrons. The van der Waals surface area contributed by atoms with E-state index in [-0.39, 0.29) is 0 Å². The molecular formula is C10H22BrN. The Morgan fingerprint density at radius 3 is 2.17 bits per heavy atom. The first kappa shape index (κ1) is 12.4. The molecule has 12 heavy (non-hydrogen) atoms.